The zero-order chi connectivity index (χ0) is 14.9. The number of nitrogens with zero attached hydrogens (tertiary/aromatic N) is 1. The fourth-order valence-electron chi connectivity index (χ4n) is 1.69. The minimum atomic E-state index is -0.721. The first kappa shape index (κ1) is 14.8. The zero-order valence-corrected chi connectivity index (χ0v) is 12.4. The van der Waals surface area contributed by atoms with Crippen LogP contribution in [0, 0.1) is 5.82 Å². The fourth-order valence-corrected chi connectivity index (χ4v) is 2.17. The van der Waals surface area contributed by atoms with Gasteiger partial charge in [0.1, 0.15) is 5.82 Å². The maximum absolute atomic E-state index is 13.2. The molecule has 2 rings (SSSR count). The normalized spacial score (nSPS) is 13.9. The predicted molar refractivity (Wildman–Crippen MR) is 74.6 cm³/mol. The van der Waals surface area contributed by atoms with E-state index < -0.39 is 11.8 Å². The number of hydrogen-bond acceptors (Lipinski definition) is 4. The number of halogens is 2. The Labute approximate surface area is 124 Å². The molecule has 0 aliphatic heterocycles. The molecule has 1 amide bonds. The molecule has 1 fully saturated rings. The Hall–Kier alpha value is -1.63. The van der Waals surface area contributed by atoms with Gasteiger partial charge >= 0.3 is 5.97 Å². The zero-order valence-electron chi connectivity index (χ0n) is 10.9. The maximum Gasteiger partial charge on any atom is 0.339 e. The van der Waals surface area contributed by atoms with E-state index in [1.807, 2.05) is 0 Å². The Kier molecular flexibility index (Phi) is 4.27. The van der Waals surface area contributed by atoms with Gasteiger partial charge < -0.3 is 15.4 Å². The van der Waals surface area contributed by atoms with Crippen molar-refractivity contribution in [2.45, 2.75) is 18.9 Å². The number of ether oxygens (including phenoxy) is 1. The van der Waals surface area contributed by atoms with Gasteiger partial charge in [0.05, 0.1) is 11.3 Å². The lowest BCUT2D eigenvalue weighted by molar-refractivity contribution is -0.133. The van der Waals surface area contributed by atoms with E-state index >= 15 is 0 Å². The van der Waals surface area contributed by atoms with Crippen LogP contribution in [0.25, 0.3) is 0 Å². The molecule has 1 aliphatic rings. The minimum absolute atomic E-state index is 0.0887. The Balaban J connectivity index is 1.98. The second kappa shape index (κ2) is 5.78. The first-order chi connectivity index (χ1) is 9.40. The third kappa shape index (κ3) is 3.27. The molecule has 1 saturated carbocycles. The maximum atomic E-state index is 13.2. The standard InChI is InChI=1S/C13H14BrFN2O3/c1-17(7-2-3-7)12(18)6-20-13(19)8-4-11(16)10(15)5-9(8)14/h4-5,7H,2-3,6,16H2,1H3. The minimum Gasteiger partial charge on any atom is -0.452 e. The van der Waals surface area contributed by atoms with E-state index in [0.29, 0.717) is 0 Å². The number of esters is 1. The molecule has 5 nitrogen and oxygen atoms in total. The summed E-state index contributed by atoms with van der Waals surface area (Å²) in [5.74, 6) is -1.61. The van der Waals surface area contributed by atoms with E-state index in [1.54, 1.807) is 11.9 Å². The summed E-state index contributed by atoms with van der Waals surface area (Å²) in [5, 5.41) is 0. The molecule has 108 valence electrons. The third-order valence-corrected chi connectivity index (χ3v) is 3.78. The average Bonchev–Trinajstić information content (AvgIpc) is 3.23. The van der Waals surface area contributed by atoms with Gasteiger partial charge in [-0.05, 0) is 40.9 Å². The van der Waals surface area contributed by atoms with Crippen molar-refractivity contribution >= 4 is 33.5 Å². The number of anilines is 1. The Morgan fingerprint density at radius 3 is 2.75 bits per heavy atom. The smallest absolute Gasteiger partial charge is 0.339 e. The number of nitrogen functional groups attached to an aromatic ring is 1. The summed E-state index contributed by atoms with van der Waals surface area (Å²) in [5.41, 5.74) is 5.34. The summed E-state index contributed by atoms with van der Waals surface area (Å²) >= 11 is 3.06. The van der Waals surface area contributed by atoms with E-state index in [9.17, 15) is 14.0 Å². The lowest BCUT2D eigenvalue weighted by atomic mass is 10.2. The number of carbonyl (C=O) groups is 2. The summed E-state index contributed by atoms with van der Waals surface area (Å²) in [6.45, 7) is -0.338. The van der Waals surface area contributed by atoms with E-state index in [0.717, 1.165) is 18.9 Å². The largest absolute Gasteiger partial charge is 0.452 e. The van der Waals surface area contributed by atoms with Crippen molar-refractivity contribution in [3.05, 3.63) is 28.0 Å². The highest BCUT2D eigenvalue weighted by Gasteiger charge is 2.30. The molecule has 0 bridgehead atoms. The van der Waals surface area contributed by atoms with E-state index in [4.69, 9.17) is 10.5 Å². The fraction of sp³-hybridized carbons (Fsp3) is 0.385. The predicted octanol–water partition coefficient (Wildman–Crippen LogP) is 1.95. The first-order valence-electron chi connectivity index (χ1n) is 6.07. The number of likely N-dealkylation sites (N-methyl/N-ethyl adjacent to an activating group) is 1. The van der Waals surface area contributed by atoms with Gasteiger partial charge in [0.15, 0.2) is 6.61 Å². The first-order valence-corrected chi connectivity index (χ1v) is 6.86. The van der Waals surface area contributed by atoms with Crippen molar-refractivity contribution in [1.29, 1.82) is 0 Å². The number of benzene rings is 1. The van der Waals surface area contributed by atoms with Gasteiger partial charge in [-0.25, -0.2) is 9.18 Å². The lowest BCUT2D eigenvalue weighted by Crippen LogP contribution is -2.32. The number of carbonyl (C=O) groups excluding carboxylic acids is 2. The second-order valence-corrected chi connectivity index (χ2v) is 5.52. The van der Waals surface area contributed by atoms with Crippen molar-refractivity contribution in [3.63, 3.8) is 0 Å². The molecule has 1 aliphatic carbocycles. The number of amides is 1. The third-order valence-electron chi connectivity index (χ3n) is 3.12. The van der Waals surface area contributed by atoms with Crippen LogP contribution in [0.4, 0.5) is 10.1 Å². The molecule has 2 N–H and O–H groups in total. The van der Waals surface area contributed by atoms with E-state index in [1.165, 1.54) is 6.07 Å². The second-order valence-electron chi connectivity index (χ2n) is 4.67. The molecule has 20 heavy (non-hydrogen) atoms. The van der Waals surface area contributed by atoms with Crippen LogP contribution >= 0.6 is 15.9 Å². The van der Waals surface area contributed by atoms with Gasteiger partial charge in [-0.15, -0.1) is 0 Å². The van der Waals surface area contributed by atoms with Crippen LogP contribution < -0.4 is 5.73 Å². The Morgan fingerprint density at radius 1 is 1.50 bits per heavy atom. The van der Waals surface area contributed by atoms with Gasteiger partial charge in [0.25, 0.3) is 5.91 Å². The van der Waals surface area contributed by atoms with Crippen molar-refractivity contribution in [1.82, 2.24) is 4.90 Å². The highest BCUT2D eigenvalue weighted by molar-refractivity contribution is 9.10. The molecule has 7 heteroatoms. The van der Waals surface area contributed by atoms with Crippen molar-refractivity contribution in [2.75, 3.05) is 19.4 Å². The van der Waals surface area contributed by atoms with Crippen LogP contribution in [0.1, 0.15) is 23.2 Å². The Bertz CT molecular complexity index is 561. The lowest BCUT2D eigenvalue weighted by Gasteiger charge is -2.16. The summed E-state index contributed by atoms with van der Waals surface area (Å²) in [7, 11) is 1.68. The average molecular weight is 345 g/mol. The van der Waals surface area contributed by atoms with Gasteiger partial charge in [0.2, 0.25) is 0 Å². The van der Waals surface area contributed by atoms with Crippen molar-refractivity contribution < 1.29 is 18.7 Å². The quantitative estimate of drug-likeness (QED) is 0.669. The van der Waals surface area contributed by atoms with E-state index in [2.05, 4.69) is 15.9 Å². The monoisotopic (exact) mass is 344 g/mol. The molecule has 0 unspecified atom stereocenters. The molecule has 0 atom stereocenters. The summed E-state index contributed by atoms with van der Waals surface area (Å²) < 4.78 is 18.3. The molecule has 0 radical (unpaired) electrons. The van der Waals surface area contributed by atoms with Crippen molar-refractivity contribution in [3.8, 4) is 0 Å². The van der Waals surface area contributed by atoms with Crippen LogP contribution in [0.15, 0.2) is 16.6 Å². The van der Waals surface area contributed by atoms with Crippen LogP contribution in [0.5, 0.6) is 0 Å². The van der Waals surface area contributed by atoms with Gasteiger partial charge in [0, 0.05) is 17.6 Å². The molecule has 0 spiro atoms. The summed E-state index contributed by atoms with van der Waals surface area (Å²) in [6, 6.07) is 2.52. The van der Waals surface area contributed by atoms with Gasteiger partial charge in [-0.2, -0.15) is 0 Å². The van der Waals surface area contributed by atoms with Crippen LogP contribution in [-0.2, 0) is 9.53 Å². The molecule has 0 saturated heterocycles. The van der Waals surface area contributed by atoms with Crippen LogP contribution in [0.3, 0.4) is 0 Å². The van der Waals surface area contributed by atoms with Crippen LogP contribution in [-0.4, -0.2) is 36.5 Å². The topological polar surface area (TPSA) is 72.6 Å². The van der Waals surface area contributed by atoms with Gasteiger partial charge in [-0.1, -0.05) is 0 Å². The molecule has 0 aromatic heterocycles. The molecule has 1 aromatic carbocycles. The summed E-state index contributed by atoms with van der Waals surface area (Å²) in [4.78, 5) is 25.1. The Morgan fingerprint density at radius 2 is 2.15 bits per heavy atom. The highest BCUT2D eigenvalue weighted by atomic mass is 79.9. The van der Waals surface area contributed by atoms with Crippen LogP contribution in [0.2, 0.25) is 0 Å². The molecular formula is C13H14BrFN2O3. The highest BCUT2D eigenvalue weighted by Crippen LogP contribution is 2.26. The SMILES string of the molecule is CN(C(=O)COC(=O)c1cc(N)c(F)cc1Br)C1CC1. The number of rotatable bonds is 4. The van der Waals surface area contributed by atoms with Gasteiger partial charge in [-0.3, -0.25) is 4.79 Å². The number of nitrogens with two attached hydrogens (primary N) is 1. The molecule has 0 heterocycles. The summed E-state index contributed by atoms with van der Waals surface area (Å²) in [6.07, 6.45) is 1.96. The molecule has 1 aromatic rings. The van der Waals surface area contributed by atoms with E-state index in [-0.39, 0.29) is 34.3 Å². The molecular weight excluding hydrogens is 331 g/mol. The van der Waals surface area contributed by atoms with Crippen molar-refractivity contribution in [2.24, 2.45) is 0 Å². The number of hydrogen-bond donors (Lipinski definition) is 1.